The van der Waals surface area contributed by atoms with Gasteiger partial charge >= 0.3 is 0 Å². The van der Waals surface area contributed by atoms with E-state index >= 15 is 0 Å². The topological polar surface area (TPSA) is 32.3 Å². The van der Waals surface area contributed by atoms with E-state index < -0.39 is 6.10 Å². The first-order valence-electron chi connectivity index (χ1n) is 6.04. The number of halogens is 2. The minimum Gasteiger partial charge on any atom is -0.387 e. The van der Waals surface area contributed by atoms with Gasteiger partial charge in [-0.1, -0.05) is 63.9 Å². The summed E-state index contributed by atoms with van der Waals surface area (Å²) < 4.78 is 0.974. The normalized spacial score (nSPS) is 12.4. The van der Waals surface area contributed by atoms with Crippen LogP contribution in [0.4, 0.5) is 0 Å². The van der Waals surface area contributed by atoms with Gasteiger partial charge < -0.3 is 10.4 Å². The second-order valence-corrected chi connectivity index (χ2v) is 5.58. The minimum absolute atomic E-state index is 0.493. The van der Waals surface area contributed by atoms with Crippen LogP contribution in [-0.2, 0) is 6.54 Å². The van der Waals surface area contributed by atoms with Gasteiger partial charge in [0.25, 0.3) is 0 Å². The van der Waals surface area contributed by atoms with Crippen molar-refractivity contribution in [3.05, 3.63) is 69.2 Å². The van der Waals surface area contributed by atoms with Crippen molar-refractivity contribution in [2.75, 3.05) is 6.54 Å². The molecule has 0 saturated carbocycles. The Labute approximate surface area is 126 Å². The lowest BCUT2D eigenvalue weighted by Crippen LogP contribution is -2.21. The van der Waals surface area contributed by atoms with Crippen LogP contribution in [0.1, 0.15) is 17.2 Å². The summed E-state index contributed by atoms with van der Waals surface area (Å²) in [6.45, 7) is 1.20. The number of rotatable bonds is 5. The molecule has 2 nitrogen and oxygen atoms in total. The Hall–Kier alpha value is -0.870. The predicted molar refractivity (Wildman–Crippen MR) is 82.3 cm³/mol. The minimum atomic E-state index is -0.493. The van der Waals surface area contributed by atoms with Crippen molar-refractivity contribution in [3.63, 3.8) is 0 Å². The molecule has 0 aliphatic carbocycles. The summed E-state index contributed by atoms with van der Waals surface area (Å²) in [7, 11) is 0. The molecule has 2 aromatic rings. The Morgan fingerprint density at radius 1 is 1.16 bits per heavy atom. The summed E-state index contributed by atoms with van der Waals surface area (Å²) in [6.07, 6.45) is -0.493. The maximum atomic E-state index is 10.0. The zero-order valence-corrected chi connectivity index (χ0v) is 12.7. The van der Waals surface area contributed by atoms with Crippen molar-refractivity contribution in [2.45, 2.75) is 12.6 Å². The molecular formula is C15H15BrClNO. The zero-order valence-electron chi connectivity index (χ0n) is 10.3. The molecule has 1 atom stereocenters. The van der Waals surface area contributed by atoms with Crippen molar-refractivity contribution in [1.82, 2.24) is 5.32 Å². The maximum Gasteiger partial charge on any atom is 0.0914 e. The number of hydrogen-bond acceptors (Lipinski definition) is 2. The van der Waals surface area contributed by atoms with Crippen molar-refractivity contribution in [1.29, 1.82) is 0 Å². The molecule has 19 heavy (non-hydrogen) atoms. The molecule has 4 heteroatoms. The van der Waals surface area contributed by atoms with Crippen LogP contribution < -0.4 is 5.32 Å². The van der Waals surface area contributed by atoms with Gasteiger partial charge in [0.05, 0.1) is 6.10 Å². The van der Waals surface area contributed by atoms with Crippen LogP contribution in [0.25, 0.3) is 0 Å². The smallest absolute Gasteiger partial charge is 0.0914 e. The maximum absolute atomic E-state index is 10.0. The third kappa shape index (κ3) is 4.32. The van der Waals surface area contributed by atoms with E-state index in [1.54, 1.807) is 0 Å². The third-order valence-electron chi connectivity index (χ3n) is 2.85. The molecule has 2 aromatic carbocycles. The highest BCUT2D eigenvalue weighted by molar-refractivity contribution is 9.10. The molecule has 2 rings (SSSR count). The first kappa shape index (κ1) is 14.5. The molecule has 0 aromatic heterocycles. The van der Waals surface area contributed by atoms with E-state index in [0.717, 1.165) is 15.6 Å². The molecular weight excluding hydrogens is 326 g/mol. The Morgan fingerprint density at radius 2 is 1.89 bits per heavy atom. The van der Waals surface area contributed by atoms with Gasteiger partial charge in [0.2, 0.25) is 0 Å². The summed E-state index contributed by atoms with van der Waals surface area (Å²) in [5.41, 5.74) is 2.04. The fourth-order valence-corrected chi connectivity index (χ4v) is 2.62. The van der Waals surface area contributed by atoms with Gasteiger partial charge in [-0.3, -0.25) is 0 Å². The Kier molecular flexibility index (Phi) is 5.40. The van der Waals surface area contributed by atoms with Crippen LogP contribution in [0.15, 0.2) is 53.0 Å². The lowest BCUT2D eigenvalue weighted by molar-refractivity contribution is 0.174. The lowest BCUT2D eigenvalue weighted by Gasteiger charge is -2.13. The average Bonchev–Trinajstić information content (AvgIpc) is 2.42. The molecule has 2 N–H and O–H groups in total. The summed E-state index contributed by atoms with van der Waals surface area (Å²) in [5, 5.41) is 14.0. The highest BCUT2D eigenvalue weighted by Crippen LogP contribution is 2.21. The van der Waals surface area contributed by atoms with E-state index in [0.29, 0.717) is 18.1 Å². The molecule has 0 aliphatic rings. The number of aliphatic hydroxyl groups is 1. The molecule has 0 radical (unpaired) electrons. The first-order valence-corrected chi connectivity index (χ1v) is 7.21. The van der Waals surface area contributed by atoms with Gasteiger partial charge in [-0.15, -0.1) is 0 Å². The molecule has 0 fully saturated rings. The molecule has 0 spiro atoms. The van der Waals surface area contributed by atoms with Crippen LogP contribution >= 0.6 is 27.5 Å². The molecule has 0 bridgehead atoms. The van der Waals surface area contributed by atoms with Gasteiger partial charge in [0, 0.05) is 22.6 Å². The lowest BCUT2D eigenvalue weighted by atomic mass is 10.1. The molecule has 0 aliphatic heterocycles. The first-order chi connectivity index (χ1) is 9.16. The predicted octanol–water partition coefficient (Wildman–Crippen LogP) is 3.93. The fourth-order valence-electron chi connectivity index (χ4n) is 1.80. The van der Waals surface area contributed by atoms with E-state index in [-0.39, 0.29) is 0 Å². The van der Waals surface area contributed by atoms with Gasteiger partial charge in [-0.05, 0) is 23.3 Å². The van der Waals surface area contributed by atoms with Crippen molar-refractivity contribution >= 4 is 27.5 Å². The molecule has 0 heterocycles. The number of benzene rings is 2. The Morgan fingerprint density at radius 3 is 2.58 bits per heavy atom. The largest absolute Gasteiger partial charge is 0.387 e. The second-order valence-electron chi connectivity index (χ2n) is 4.29. The Balaban J connectivity index is 1.86. The summed E-state index contributed by atoms with van der Waals surface area (Å²) in [5.74, 6) is 0. The quantitative estimate of drug-likeness (QED) is 0.864. The SMILES string of the molecule is OC(CNCc1ccc(Cl)cc1Br)c1ccccc1. The highest BCUT2D eigenvalue weighted by Gasteiger charge is 2.06. The third-order valence-corrected chi connectivity index (χ3v) is 3.83. The highest BCUT2D eigenvalue weighted by atomic mass is 79.9. The van der Waals surface area contributed by atoms with Crippen molar-refractivity contribution in [2.24, 2.45) is 0 Å². The van der Waals surface area contributed by atoms with Gasteiger partial charge in [-0.25, -0.2) is 0 Å². The van der Waals surface area contributed by atoms with Gasteiger partial charge in [0.1, 0.15) is 0 Å². The molecule has 0 amide bonds. The van der Waals surface area contributed by atoms with Crippen LogP contribution in [0.3, 0.4) is 0 Å². The van der Waals surface area contributed by atoms with E-state index in [1.165, 1.54) is 0 Å². The zero-order chi connectivity index (χ0) is 13.7. The molecule has 0 saturated heterocycles. The Bertz CT molecular complexity index is 533. The molecule has 1 unspecified atom stereocenters. The van der Waals surface area contributed by atoms with Crippen molar-refractivity contribution in [3.8, 4) is 0 Å². The summed E-state index contributed by atoms with van der Waals surface area (Å²) in [4.78, 5) is 0. The number of nitrogens with one attached hydrogen (secondary N) is 1. The van der Waals surface area contributed by atoms with Crippen LogP contribution in [0.5, 0.6) is 0 Å². The summed E-state index contributed by atoms with van der Waals surface area (Å²) in [6, 6.07) is 15.3. The second kappa shape index (κ2) is 7.06. The van der Waals surface area contributed by atoms with Crippen LogP contribution in [0, 0.1) is 0 Å². The van der Waals surface area contributed by atoms with Crippen LogP contribution in [0.2, 0.25) is 5.02 Å². The van der Waals surface area contributed by atoms with Crippen LogP contribution in [-0.4, -0.2) is 11.7 Å². The number of aliphatic hydroxyl groups excluding tert-OH is 1. The fraction of sp³-hybridized carbons (Fsp3) is 0.200. The summed E-state index contributed by atoms with van der Waals surface area (Å²) >= 11 is 9.36. The monoisotopic (exact) mass is 339 g/mol. The van der Waals surface area contributed by atoms with Crippen molar-refractivity contribution < 1.29 is 5.11 Å². The molecule has 100 valence electrons. The van der Waals surface area contributed by atoms with E-state index in [9.17, 15) is 5.11 Å². The van der Waals surface area contributed by atoms with E-state index in [4.69, 9.17) is 11.6 Å². The number of hydrogen-bond donors (Lipinski definition) is 2. The van der Waals surface area contributed by atoms with Gasteiger partial charge in [0.15, 0.2) is 0 Å². The van der Waals surface area contributed by atoms with E-state index in [1.807, 2.05) is 48.5 Å². The van der Waals surface area contributed by atoms with E-state index in [2.05, 4.69) is 21.2 Å². The van der Waals surface area contributed by atoms with Gasteiger partial charge in [-0.2, -0.15) is 0 Å². The standard InChI is InChI=1S/C15H15BrClNO/c16-14-8-13(17)7-6-12(14)9-18-10-15(19)11-4-2-1-3-5-11/h1-8,15,18-19H,9-10H2. The average molecular weight is 341 g/mol.